The lowest BCUT2D eigenvalue weighted by Gasteiger charge is -2.39. The van der Waals surface area contributed by atoms with Crippen LogP contribution < -0.4 is 10.6 Å². The maximum atomic E-state index is 13.7. The van der Waals surface area contributed by atoms with Gasteiger partial charge in [-0.1, -0.05) is 12.1 Å². The lowest BCUT2D eigenvalue weighted by molar-refractivity contribution is -0.139. The number of halogens is 1. The van der Waals surface area contributed by atoms with Crippen molar-refractivity contribution in [3.63, 3.8) is 0 Å². The first-order valence-electron chi connectivity index (χ1n) is 8.88. The molecule has 2 N–H and O–H groups in total. The van der Waals surface area contributed by atoms with E-state index < -0.39 is 5.82 Å². The van der Waals surface area contributed by atoms with Crippen LogP contribution in [0.5, 0.6) is 0 Å². The lowest BCUT2D eigenvalue weighted by Crippen LogP contribution is -2.56. The molecule has 0 aromatic heterocycles. The molecule has 0 radical (unpaired) electrons. The van der Waals surface area contributed by atoms with Crippen LogP contribution in [-0.4, -0.2) is 60.5 Å². The molecule has 0 spiro atoms. The minimum atomic E-state index is -0.463. The van der Waals surface area contributed by atoms with Gasteiger partial charge in [-0.25, -0.2) is 9.18 Å². The van der Waals surface area contributed by atoms with Gasteiger partial charge in [-0.15, -0.1) is 0 Å². The molecule has 2 fully saturated rings. The summed E-state index contributed by atoms with van der Waals surface area (Å²) in [5, 5.41) is 5.88. The number of carbonyl (C=O) groups is 2. The second-order valence-corrected chi connectivity index (χ2v) is 6.78. The Bertz CT molecular complexity index is 639. The second kappa shape index (κ2) is 7.82. The maximum Gasteiger partial charge on any atom is 0.321 e. The number of nitrogens with zero attached hydrogens (tertiary/aromatic N) is 2. The molecule has 2 aliphatic heterocycles. The van der Waals surface area contributed by atoms with E-state index in [2.05, 4.69) is 10.6 Å². The Morgan fingerprint density at radius 3 is 2.84 bits per heavy atom. The van der Waals surface area contributed by atoms with Crippen LogP contribution in [0.2, 0.25) is 0 Å². The summed E-state index contributed by atoms with van der Waals surface area (Å²) in [6.07, 6.45) is 1.57. The smallest absolute Gasteiger partial charge is 0.321 e. The topological polar surface area (TPSA) is 64.7 Å². The zero-order valence-corrected chi connectivity index (χ0v) is 14.5. The van der Waals surface area contributed by atoms with E-state index in [9.17, 15) is 14.0 Å². The number of piperazine rings is 1. The summed E-state index contributed by atoms with van der Waals surface area (Å²) in [7, 11) is 0. The number of amides is 3. The molecular weight excluding hydrogens is 323 g/mol. The van der Waals surface area contributed by atoms with E-state index in [4.69, 9.17) is 0 Å². The van der Waals surface area contributed by atoms with Crippen LogP contribution in [0.1, 0.15) is 19.8 Å². The number of benzene rings is 1. The molecule has 2 atom stereocenters. The molecule has 25 heavy (non-hydrogen) atoms. The fourth-order valence-electron chi connectivity index (χ4n) is 3.52. The molecule has 3 rings (SSSR count). The average molecular weight is 348 g/mol. The van der Waals surface area contributed by atoms with Gasteiger partial charge in [0.2, 0.25) is 5.91 Å². The zero-order chi connectivity index (χ0) is 17.8. The third-order valence-corrected chi connectivity index (χ3v) is 4.96. The molecule has 3 amide bonds. The molecule has 1 aromatic rings. The predicted molar refractivity (Wildman–Crippen MR) is 93.8 cm³/mol. The molecular formula is C18H25FN4O2. The minimum absolute atomic E-state index is 0.123. The highest BCUT2D eigenvalue weighted by atomic mass is 19.1. The van der Waals surface area contributed by atoms with Crippen molar-refractivity contribution in [2.75, 3.05) is 38.0 Å². The Morgan fingerprint density at radius 1 is 1.28 bits per heavy atom. The third kappa shape index (κ3) is 4.10. The summed E-state index contributed by atoms with van der Waals surface area (Å²) in [5.41, 5.74) is 0.164. The number of urea groups is 1. The highest BCUT2D eigenvalue weighted by Crippen LogP contribution is 2.22. The molecule has 2 unspecified atom stereocenters. The van der Waals surface area contributed by atoms with Gasteiger partial charge in [0, 0.05) is 38.8 Å². The van der Waals surface area contributed by atoms with Gasteiger partial charge in [0.1, 0.15) is 5.82 Å². The van der Waals surface area contributed by atoms with Crippen LogP contribution in [0.4, 0.5) is 14.9 Å². The van der Waals surface area contributed by atoms with Crippen molar-refractivity contribution < 1.29 is 14.0 Å². The number of para-hydroxylation sites is 1. The van der Waals surface area contributed by atoms with Crippen LogP contribution in [0, 0.1) is 11.7 Å². The highest BCUT2D eigenvalue weighted by Gasteiger charge is 2.33. The van der Waals surface area contributed by atoms with Crippen LogP contribution in [0.15, 0.2) is 24.3 Å². The number of anilines is 1. The molecule has 1 aromatic carbocycles. The maximum absolute atomic E-state index is 13.7. The Morgan fingerprint density at radius 2 is 2.08 bits per heavy atom. The largest absolute Gasteiger partial charge is 0.337 e. The lowest BCUT2D eigenvalue weighted by atomic mass is 9.95. The Labute approximate surface area is 147 Å². The van der Waals surface area contributed by atoms with E-state index in [1.165, 1.54) is 12.1 Å². The van der Waals surface area contributed by atoms with Gasteiger partial charge in [-0.05, 0) is 31.9 Å². The van der Waals surface area contributed by atoms with Gasteiger partial charge in [0.15, 0.2) is 0 Å². The van der Waals surface area contributed by atoms with Gasteiger partial charge in [0.25, 0.3) is 0 Å². The van der Waals surface area contributed by atoms with Crippen LogP contribution in [0.25, 0.3) is 0 Å². The molecule has 0 saturated carbocycles. The molecule has 136 valence electrons. The van der Waals surface area contributed by atoms with Gasteiger partial charge in [0.05, 0.1) is 11.6 Å². The second-order valence-electron chi connectivity index (χ2n) is 6.78. The van der Waals surface area contributed by atoms with Crippen molar-refractivity contribution in [2.24, 2.45) is 5.92 Å². The van der Waals surface area contributed by atoms with Crippen molar-refractivity contribution in [3.05, 3.63) is 30.1 Å². The molecule has 6 nitrogen and oxygen atoms in total. The quantitative estimate of drug-likeness (QED) is 0.858. The standard InChI is InChI=1S/C18H25FN4O2/c1-13-11-20-8-10-23(13)17(24)14-5-4-9-22(12-14)18(25)21-16-7-3-2-6-15(16)19/h2-3,6-7,13-14,20H,4-5,8-12H2,1H3,(H,21,25). The van der Waals surface area contributed by atoms with Crippen LogP contribution >= 0.6 is 0 Å². The fraction of sp³-hybridized carbons (Fsp3) is 0.556. The molecule has 2 heterocycles. The number of carbonyl (C=O) groups excluding carboxylic acids is 2. The first kappa shape index (κ1) is 17.7. The summed E-state index contributed by atoms with van der Waals surface area (Å²) < 4.78 is 13.7. The number of likely N-dealkylation sites (tertiary alicyclic amines) is 1. The predicted octanol–water partition coefficient (Wildman–Crippen LogP) is 1.89. The SMILES string of the molecule is CC1CNCCN1C(=O)C1CCCN(C(=O)Nc2ccccc2F)C1. The molecule has 2 saturated heterocycles. The van der Waals surface area contributed by atoms with Crippen molar-refractivity contribution in [1.82, 2.24) is 15.1 Å². The summed E-state index contributed by atoms with van der Waals surface area (Å²) in [6.45, 7) is 5.32. The van der Waals surface area contributed by atoms with Crippen molar-refractivity contribution >= 4 is 17.6 Å². The molecule has 7 heteroatoms. The summed E-state index contributed by atoms with van der Waals surface area (Å²) in [4.78, 5) is 28.8. The van der Waals surface area contributed by atoms with E-state index in [-0.39, 0.29) is 29.6 Å². The first-order valence-corrected chi connectivity index (χ1v) is 8.88. The van der Waals surface area contributed by atoms with E-state index in [1.807, 2.05) is 11.8 Å². The number of hydrogen-bond acceptors (Lipinski definition) is 3. The third-order valence-electron chi connectivity index (χ3n) is 4.96. The number of piperidine rings is 1. The van der Waals surface area contributed by atoms with Gasteiger partial charge < -0.3 is 20.4 Å². The van der Waals surface area contributed by atoms with Gasteiger partial charge in [-0.2, -0.15) is 0 Å². The number of hydrogen-bond donors (Lipinski definition) is 2. The average Bonchev–Trinajstić information content (AvgIpc) is 2.63. The monoisotopic (exact) mass is 348 g/mol. The molecule has 0 aliphatic carbocycles. The Hall–Kier alpha value is -2.15. The van der Waals surface area contributed by atoms with Crippen LogP contribution in [-0.2, 0) is 4.79 Å². The summed E-state index contributed by atoms with van der Waals surface area (Å²) in [5.74, 6) is -0.520. The minimum Gasteiger partial charge on any atom is -0.337 e. The van der Waals surface area contributed by atoms with Crippen molar-refractivity contribution in [1.29, 1.82) is 0 Å². The fourth-order valence-corrected chi connectivity index (χ4v) is 3.52. The number of rotatable bonds is 2. The molecule has 0 bridgehead atoms. The Balaban J connectivity index is 1.61. The van der Waals surface area contributed by atoms with Gasteiger partial charge >= 0.3 is 6.03 Å². The van der Waals surface area contributed by atoms with E-state index in [1.54, 1.807) is 17.0 Å². The first-order chi connectivity index (χ1) is 12.1. The van der Waals surface area contributed by atoms with E-state index >= 15 is 0 Å². The summed E-state index contributed by atoms with van der Waals surface area (Å²) >= 11 is 0. The Kier molecular flexibility index (Phi) is 5.53. The van der Waals surface area contributed by atoms with E-state index in [0.717, 1.165) is 25.9 Å². The summed E-state index contributed by atoms with van der Waals surface area (Å²) in [6, 6.07) is 5.91. The number of nitrogens with one attached hydrogen (secondary N) is 2. The zero-order valence-electron chi connectivity index (χ0n) is 14.5. The highest BCUT2D eigenvalue weighted by molar-refractivity contribution is 5.90. The molecule has 2 aliphatic rings. The van der Waals surface area contributed by atoms with Gasteiger partial charge in [-0.3, -0.25) is 4.79 Å². The van der Waals surface area contributed by atoms with E-state index in [0.29, 0.717) is 19.6 Å². The van der Waals surface area contributed by atoms with Crippen molar-refractivity contribution in [3.8, 4) is 0 Å². The van der Waals surface area contributed by atoms with Crippen LogP contribution in [0.3, 0.4) is 0 Å². The normalized spacial score (nSPS) is 24.1. The van der Waals surface area contributed by atoms with Crippen molar-refractivity contribution in [2.45, 2.75) is 25.8 Å².